The van der Waals surface area contributed by atoms with Gasteiger partial charge in [0.05, 0.1) is 0 Å². The molecular formula is C16H25Br. The molecule has 0 nitrogen and oxygen atoms in total. The van der Waals surface area contributed by atoms with Crippen LogP contribution in [0.15, 0.2) is 24.3 Å². The molecule has 0 aromatic heterocycles. The van der Waals surface area contributed by atoms with E-state index in [-0.39, 0.29) is 0 Å². The van der Waals surface area contributed by atoms with Crippen molar-refractivity contribution in [1.82, 2.24) is 0 Å². The summed E-state index contributed by atoms with van der Waals surface area (Å²) in [5.74, 6) is 0. The van der Waals surface area contributed by atoms with Crippen LogP contribution in [0.4, 0.5) is 0 Å². The average Bonchev–Trinajstić information content (AvgIpc) is 2.24. The minimum Gasteiger partial charge on any atom is -0.0839 e. The van der Waals surface area contributed by atoms with Gasteiger partial charge in [0, 0.05) is 4.83 Å². The Morgan fingerprint density at radius 2 is 1.71 bits per heavy atom. The summed E-state index contributed by atoms with van der Waals surface area (Å²) in [4.78, 5) is 0.475. The summed E-state index contributed by atoms with van der Waals surface area (Å²) < 4.78 is 0. The highest BCUT2D eigenvalue weighted by Crippen LogP contribution is 2.35. The van der Waals surface area contributed by atoms with Crippen LogP contribution in [0.5, 0.6) is 0 Å². The Kier molecular flexibility index (Phi) is 5.72. The Labute approximate surface area is 115 Å². The molecule has 1 heteroatoms. The molecule has 0 aliphatic rings. The van der Waals surface area contributed by atoms with Crippen molar-refractivity contribution in [3.05, 3.63) is 35.4 Å². The molecule has 1 unspecified atom stereocenters. The van der Waals surface area contributed by atoms with E-state index in [0.717, 1.165) is 0 Å². The smallest absolute Gasteiger partial charge is 0.0400 e. The fraction of sp³-hybridized carbons (Fsp3) is 0.625. The highest BCUT2D eigenvalue weighted by Gasteiger charge is 2.17. The first-order chi connectivity index (χ1) is 7.92. The number of unbranched alkanes of at least 4 members (excludes halogenated alkanes) is 1. The number of alkyl halides is 1. The largest absolute Gasteiger partial charge is 0.0839 e. The lowest BCUT2D eigenvalue weighted by Gasteiger charge is -2.22. The maximum absolute atomic E-state index is 3.80. The van der Waals surface area contributed by atoms with Gasteiger partial charge in [0.15, 0.2) is 0 Å². The summed E-state index contributed by atoms with van der Waals surface area (Å²) in [6.07, 6.45) is 4.94. The van der Waals surface area contributed by atoms with Crippen molar-refractivity contribution in [1.29, 1.82) is 0 Å². The van der Waals surface area contributed by atoms with E-state index in [0.29, 0.717) is 10.2 Å². The molecule has 1 atom stereocenters. The monoisotopic (exact) mass is 296 g/mol. The van der Waals surface area contributed by atoms with Crippen molar-refractivity contribution in [2.75, 3.05) is 0 Å². The van der Waals surface area contributed by atoms with Crippen LogP contribution in [0.1, 0.15) is 62.9 Å². The number of halogens is 1. The lowest BCUT2D eigenvalue weighted by Crippen LogP contribution is -2.08. The van der Waals surface area contributed by atoms with Crippen molar-refractivity contribution >= 4 is 15.9 Å². The van der Waals surface area contributed by atoms with Gasteiger partial charge < -0.3 is 0 Å². The first-order valence-corrected chi connectivity index (χ1v) is 7.57. The Morgan fingerprint density at radius 3 is 2.18 bits per heavy atom. The van der Waals surface area contributed by atoms with E-state index in [2.05, 4.69) is 67.9 Å². The lowest BCUT2D eigenvalue weighted by molar-refractivity contribution is 0.377. The molecule has 0 aliphatic carbocycles. The van der Waals surface area contributed by atoms with Crippen LogP contribution in [0.3, 0.4) is 0 Å². The molecule has 0 spiro atoms. The molecule has 0 saturated heterocycles. The molecule has 0 heterocycles. The van der Waals surface area contributed by atoms with Crippen molar-refractivity contribution in [2.24, 2.45) is 5.41 Å². The number of hydrogen-bond donors (Lipinski definition) is 0. The van der Waals surface area contributed by atoms with Crippen molar-refractivity contribution in [3.8, 4) is 0 Å². The zero-order chi connectivity index (χ0) is 12.9. The molecule has 0 radical (unpaired) electrons. The van der Waals surface area contributed by atoms with Crippen LogP contribution >= 0.6 is 15.9 Å². The zero-order valence-electron chi connectivity index (χ0n) is 11.6. The summed E-state index contributed by atoms with van der Waals surface area (Å²) in [5, 5.41) is 0. The topological polar surface area (TPSA) is 0 Å². The fourth-order valence-corrected chi connectivity index (χ4v) is 3.21. The molecule has 17 heavy (non-hydrogen) atoms. The van der Waals surface area contributed by atoms with Crippen LogP contribution in [0, 0.1) is 5.41 Å². The molecule has 0 aliphatic heterocycles. The van der Waals surface area contributed by atoms with Crippen molar-refractivity contribution in [2.45, 2.75) is 58.2 Å². The minimum absolute atomic E-state index is 0.370. The van der Waals surface area contributed by atoms with Crippen LogP contribution in [0.25, 0.3) is 0 Å². The second-order valence-corrected chi connectivity index (χ2v) is 7.18. The fourth-order valence-electron chi connectivity index (χ4n) is 1.93. The van der Waals surface area contributed by atoms with Crippen LogP contribution < -0.4 is 0 Å². The van der Waals surface area contributed by atoms with Gasteiger partial charge >= 0.3 is 0 Å². The number of aryl methyl sites for hydroxylation is 1. The van der Waals surface area contributed by atoms with E-state index in [9.17, 15) is 0 Å². The maximum Gasteiger partial charge on any atom is 0.0400 e. The third kappa shape index (κ3) is 5.72. The zero-order valence-corrected chi connectivity index (χ0v) is 13.2. The molecule has 0 bridgehead atoms. The van der Waals surface area contributed by atoms with E-state index in [1.807, 2.05) is 0 Å². The maximum atomic E-state index is 3.80. The Bertz CT molecular complexity index is 318. The van der Waals surface area contributed by atoms with Crippen molar-refractivity contribution < 1.29 is 0 Å². The second-order valence-electron chi connectivity index (χ2n) is 6.08. The van der Waals surface area contributed by atoms with E-state index in [1.54, 1.807) is 0 Å². The van der Waals surface area contributed by atoms with Gasteiger partial charge in [0.1, 0.15) is 0 Å². The molecule has 1 rings (SSSR count). The molecule has 0 fully saturated rings. The van der Waals surface area contributed by atoms with E-state index in [4.69, 9.17) is 0 Å². The molecule has 1 aromatic rings. The third-order valence-electron chi connectivity index (χ3n) is 2.95. The van der Waals surface area contributed by atoms with E-state index < -0.39 is 0 Å². The SMILES string of the molecule is CCCCc1ccc(C(Br)CC(C)(C)C)cc1. The predicted octanol–water partition coefficient (Wildman–Crippen LogP) is 5.90. The van der Waals surface area contributed by atoms with Gasteiger partial charge in [0.2, 0.25) is 0 Å². The molecule has 1 aromatic carbocycles. The van der Waals surface area contributed by atoms with Crippen LogP contribution in [-0.4, -0.2) is 0 Å². The van der Waals surface area contributed by atoms with Crippen molar-refractivity contribution in [3.63, 3.8) is 0 Å². The average molecular weight is 297 g/mol. The number of benzene rings is 1. The summed E-state index contributed by atoms with van der Waals surface area (Å²) >= 11 is 3.80. The Morgan fingerprint density at radius 1 is 1.12 bits per heavy atom. The van der Waals surface area contributed by atoms with Gasteiger partial charge in [-0.05, 0) is 35.8 Å². The van der Waals surface area contributed by atoms with Gasteiger partial charge in [-0.15, -0.1) is 0 Å². The predicted molar refractivity (Wildman–Crippen MR) is 80.8 cm³/mol. The highest BCUT2D eigenvalue weighted by atomic mass is 79.9. The second kappa shape index (κ2) is 6.58. The quantitative estimate of drug-likeness (QED) is 0.593. The highest BCUT2D eigenvalue weighted by molar-refractivity contribution is 9.09. The Balaban J connectivity index is 2.60. The van der Waals surface area contributed by atoms with Crippen LogP contribution in [0.2, 0.25) is 0 Å². The lowest BCUT2D eigenvalue weighted by atomic mass is 9.88. The van der Waals surface area contributed by atoms with Crippen LogP contribution in [-0.2, 0) is 6.42 Å². The first-order valence-electron chi connectivity index (χ1n) is 6.65. The van der Waals surface area contributed by atoms with E-state index >= 15 is 0 Å². The number of hydrogen-bond acceptors (Lipinski definition) is 0. The third-order valence-corrected chi connectivity index (χ3v) is 3.80. The van der Waals surface area contributed by atoms with E-state index in [1.165, 1.54) is 36.8 Å². The summed E-state index contributed by atoms with van der Waals surface area (Å²) in [5.41, 5.74) is 3.24. The normalized spacial score (nSPS) is 13.7. The van der Waals surface area contributed by atoms with Gasteiger partial charge in [-0.25, -0.2) is 0 Å². The molecule has 0 N–H and O–H groups in total. The standard InChI is InChI=1S/C16H25Br/c1-5-6-7-13-8-10-14(11-9-13)15(17)12-16(2,3)4/h8-11,15H,5-7,12H2,1-4H3. The molecule has 0 amide bonds. The summed E-state index contributed by atoms with van der Waals surface area (Å²) in [6.45, 7) is 9.11. The van der Waals surface area contributed by atoms with Gasteiger partial charge in [-0.2, -0.15) is 0 Å². The minimum atomic E-state index is 0.370. The first kappa shape index (κ1) is 14.8. The van der Waals surface area contributed by atoms with Gasteiger partial charge in [0.25, 0.3) is 0 Å². The summed E-state index contributed by atoms with van der Waals surface area (Å²) in [7, 11) is 0. The molecule has 96 valence electrons. The molecular weight excluding hydrogens is 272 g/mol. The number of rotatable bonds is 5. The van der Waals surface area contributed by atoms with Gasteiger partial charge in [-0.3, -0.25) is 0 Å². The van der Waals surface area contributed by atoms with Gasteiger partial charge in [-0.1, -0.05) is 74.3 Å². The Hall–Kier alpha value is -0.300. The summed E-state index contributed by atoms with van der Waals surface area (Å²) in [6, 6.07) is 9.11. The molecule has 0 saturated carbocycles.